The van der Waals surface area contributed by atoms with E-state index in [-0.39, 0.29) is 37.5 Å². The number of rotatable bonds is 56. The van der Waals surface area contributed by atoms with Crippen LogP contribution in [-0.4, -0.2) is 37.2 Å². The maximum atomic E-state index is 12.9. The van der Waals surface area contributed by atoms with Gasteiger partial charge in [-0.2, -0.15) is 0 Å². The average molecular weight is 1070 g/mol. The van der Waals surface area contributed by atoms with E-state index < -0.39 is 6.10 Å². The Bertz CT molecular complexity index is 1650. The first-order valence-corrected chi connectivity index (χ1v) is 31.7. The highest BCUT2D eigenvalue weighted by molar-refractivity contribution is 5.71. The third-order valence-electron chi connectivity index (χ3n) is 13.1. The highest BCUT2D eigenvalue weighted by Crippen LogP contribution is 2.15. The molecule has 0 aliphatic rings. The molecule has 0 aromatic heterocycles. The molecule has 0 bridgehead atoms. The van der Waals surface area contributed by atoms with E-state index in [1.165, 1.54) is 122 Å². The van der Waals surface area contributed by atoms with Crippen LogP contribution in [0, 0.1) is 0 Å². The van der Waals surface area contributed by atoms with Gasteiger partial charge in [-0.15, -0.1) is 0 Å². The van der Waals surface area contributed by atoms with Crippen LogP contribution in [0.1, 0.15) is 278 Å². The molecule has 0 radical (unpaired) electrons. The number of carbonyl (C=O) groups is 3. The number of allylic oxidation sites excluding steroid dienone is 22. The van der Waals surface area contributed by atoms with Gasteiger partial charge in [-0.25, -0.2) is 0 Å². The SMILES string of the molecule is CC/C=C\C/C=C\C/C=C\C/C=C\C/C=C\CCCCCCCCCCCC(=O)OCC(COC(=O)CC/C=C\C/C=C\C/C=C\C/C=C\CC)OC(=O)CCCCCCCCCCC/C=C\C/C=C\CCCCCCC. The summed E-state index contributed by atoms with van der Waals surface area (Å²) in [6, 6.07) is 0. The van der Waals surface area contributed by atoms with Crippen LogP contribution in [0.5, 0.6) is 0 Å². The summed E-state index contributed by atoms with van der Waals surface area (Å²) in [6.45, 7) is 6.34. The van der Waals surface area contributed by atoms with E-state index in [2.05, 4.69) is 148 Å². The second kappa shape index (κ2) is 64.1. The molecule has 0 aliphatic carbocycles. The van der Waals surface area contributed by atoms with Crippen molar-refractivity contribution in [3.8, 4) is 0 Å². The van der Waals surface area contributed by atoms with Gasteiger partial charge in [0.25, 0.3) is 0 Å². The van der Waals surface area contributed by atoms with Crippen LogP contribution >= 0.6 is 0 Å². The van der Waals surface area contributed by atoms with E-state index in [9.17, 15) is 14.4 Å². The molecule has 1 unspecified atom stereocenters. The van der Waals surface area contributed by atoms with Crippen molar-refractivity contribution >= 4 is 17.9 Å². The monoisotopic (exact) mass is 1060 g/mol. The third-order valence-corrected chi connectivity index (χ3v) is 13.1. The number of hydrogen-bond donors (Lipinski definition) is 0. The van der Waals surface area contributed by atoms with E-state index in [0.717, 1.165) is 109 Å². The zero-order valence-corrected chi connectivity index (χ0v) is 49.9. The molecule has 0 aromatic carbocycles. The molecule has 6 heteroatoms. The van der Waals surface area contributed by atoms with Crippen molar-refractivity contribution in [1.82, 2.24) is 0 Å². The minimum atomic E-state index is -0.817. The molecule has 0 spiro atoms. The van der Waals surface area contributed by atoms with Crippen LogP contribution in [0.25, 0.3) is 0 Å². The van der Waals surface area contributed by atoms with Gasteiger partial charge in [0.15, 0.2) is 6.10 Å². The van der Waals surface area contributed by atoms with Crippen molar-refractivity contribution in [2.24, 2.45) is 0 Å². The first-order chi connectivity index (χ1) is 38.0. The quantitative estimate of drug-likeness (QED) is 0.0261. The molecule has 77 heavy (non-hydrogen) atoms. The predicted octanol–water partition coefficient (Wildman–Crippen LogP) is 21.8. The number of hydrogen-bond acceptors (Lipinski definition) is 6. The third kappa shape index (κ3) is 62.3. The van der Waals surface area contributed by atoms with Gasteiger partial charge >= 0.3 is 17.9 Å². The summed E-state index contributed by atoms with van der Waals surface area (Å²) in [4.78, 5) is 38.3. The van der Waals surface area contributed by atoms with Crippen LogP contribution in [0.3, 0.4) is 0 Å². The molecule has 0 fully saturated rings. The Morgan fingerprint density at radius 1 is 0.273 bits per heavy atom. The minimum absolute atomic E-state index is 0.108. The lowest BCUT2D eigenvalue weighted by Gasteiger charge is -2.18. The van der Waals surface area contributed by atoms with Crippen molar-refractivity contribution in [3.05, 3.63) is 134 Å². The Balaban J connectivity index is 4.40. The van der Waals surface area contributed by atoms with Gasteiger partial charge in [0.05, 0.1) is 0 Å². The normalized spacial score (nSPS) is 13.0. The van der Waals surface area contributed by atoms with Crippen molar-refractivity contribution in [3.63, 3.8) is 0 Å². The van der Waals surface area contributed by atoms with E-state index in [1.54, 1.807) is 0 Å². The first kappa shape index (κ1) is 72.5. The van der Waals surface area contributed by atoms with Crippen LogP contribution in [0.15, 0.2) is 134 Å². The molecule has 0 aliphatic heterocycles. The summed E-state index contributed by atoms with van der Waals surface area (Å²) >= 11 is 0. The lowest BCUT2D eigenvalue weighted by molar-refractivity contribution is -0.166. The molecule has 1 atom stereocenters. The Morgan fingerprint density at radius 3 is 0.870 bits per heavy atom. The van der Waals surface area contributed by atoms with Crippen molar-refractivity contribution in [1.29, 1.82) is 0 Å². The fraction of sp³-hybridized carbons (Fsp3) is 0.648. The van der Waals surface area contributed by atoms with Crippen LogP contribution in [0.2, 0.25) is 0 Å². The second-order valence-electron chi connectivity index (χ2n) is 20.5. The Morgan fingerprint density at radius 2 is 0.532 bits per heavy atom. The molecule has 0 rings (SSSR count). The maximum Gasteiger partial charge on any atom is 0.306 e. The molecule has 0 amide bonds. The molecule has 0 heterocycles. The maximum absolute atomic E-state index is 12.9. The predicted molar refractivity (Wildman–Crippen MR) is 334 cm³/mol. The molecule has 0 saturated heterocycles. The molecule has 6 nitrogen and oxygen atoms in total. The fourth-order valence-electron chi connectivity index (χ4n) is 8.45. The average Bonchev–Trinajstić information content (AvgIpc) is 3.43. The second-order valence-corrected chi connectivity index (χ2v) is 20.5. The summed E-state index contributed by atoms with van der Waals surface area (Å²) in [5.74, 6) is -1.00. The van der Waals surface area contributed by atoms with Gasteiger partial charge in [0.2, 0.25) is 0 Å². The van der Waals surface area contributed by atoms with Crippen molar-refractivity contribution in [2.45, 2.75) is 284 Å². The first-order valence-electron chi connectivity index (χ1n) is 31.7. The van der Waals surface area contributed by atoms with Crippen LogP contribution in [-0.2, 0) is 28.6 Å². The zero-order chi connectivity index (χ0) is 55.7. The summed E-state index contributed by atoms with van der Waals surface area (Å²) in [5, 5.41) is 0. The highest BCUT2D eigenvalue weighted by Gasteiger charge is 2.19. The molecule has 0 N–H and O–H groups in total. The number of carbonyl (C=O) groups excluding carboxylic acids is 3. The van der Waals surface area contributed by atoms with Gasteiger partial charge in [-0.3, -0.25) is 14.4 Å². The molecular formula is C71H116O6. The summed E-state index contributed by atoms with van der Waals surface area (Å²) in [7, 11) is 0. The van der Waals surface area contributed by atoms with Gasteiger partial charge in [0, 0.05) is 19.3 Å². The van der Waals surface area contributed by atoms with Crippen LogP contribution in [0.4, 0.5) is 0 Å². The van der Waals surface area contributed by atoms with E-state index in [0.29, 0.717) is 19.3 Å². The van der Waals surface area contributed by atoms with Gasteiger partial charge in [0.1, 0.15) is 13.2 Å². The smallest absolute Gasteiger partial charge is 0.306 e. The van der Waals surface area contributed by atoms with Crippen molar-refractivity contribution < 1.29 is 28.6 Å². The summed E-state index contributed by atoms with van der Waals surface area (Å²) in [5.41, 5.74) is 0. The number of ether oxygens (including phenoxy) is 3. The highest BCUT2D eigenvalue weighted by atomic mass is 16.6. The Kier molecular flexibility index (Phi) is 60.4. The Hall–Kier alpha value is -4.45. The topological polar surface area (TPSA) is 78.9 Å². The largest absolute Gasteiger partial charge is 0.462 e. The van der Waals surface area contributed by atoms with Crippen molar-refractivity contribution in [2.75, 3.05) is 13.2 Å². The van der Waals surface area contributed by atoms with E-state index in [1.807, 2.05) is 6.08 Å². The fourth-order valence-corrected chi connectivity index (χ4v) is 8.45. The zero-order valence-electron chi connectivity index (χ0n) is 49.9. The lowest BCUT2D eigenvalue weighted by Crippen LogP contribution is -2.30. The molecule has 436 valence electrons. The summed E-state index contributed by atoms with van der Waals surface area (Å²) < 4.78 is 16.8. The molecule has 0 aromatic rings. The van der Waals surface area contributed by atoms with Crippen LogP contribution < -0.4 is 0 Å². The van der Waals surface area contributed by atoms with Gasteiger partial charge in [-0.05, 0) is 122 Å². The van der Waals surface area contributed by atoms with E-state index >= 15 is 0 Å². The van der Waals surface area contributed by atoms with E-state index in [4.69, 9.17) is 14.2 Å². The lowest BCUT2D eigenvalue weighted by atomic mass is 10.1. The van der Waals surface area contributed by atoms with Gasteiger partial charge < -0.3 is 14.2 Å². The summed E-state index contributed by atoms with van der Waals surface area (Å²) in [6.07, 6.45) is 90.4. The minimum Gasteiger partial charge on any atom is -0.462 e. The molecular weight excluding hydrogens is 949 g/mol. The molecule has 0 saturated carbocycles. The number of esters is 3. The Labute approximate surface area is 475 Å². The standard InChI is InChI=1S/C71H116O6/c1-4-7-10-13-16-19-22-25-27-29-31-33-34-35-36-38-39-41-43-46-49-52-55-58-61-64-70(73)76-67-68(66-75-69(72)63-60-57-54-51-48-45-24-21-18-15-12-9-6-3)77-71(74)65-62-59-56-53-50-47-44-42-40-37-32-30-28-26-23-20-17-14-11-8-5-2/h7,9-10,12,16,18-19,21,23,25-27,30-33,35-36,45,48,54,57,68H,4-6,8,11,13-15,17,20,22,24,28-29,34,37-44,46-47,49-53,55-56,58-67H2,1-3H3/b10-7-,12-9-,19-16-,21-18-,26-23-,27-25-,32-30-,33-31-,36-35-,48-45-,57-54-. The van der Waals surface area contributed by atoms with Gasteiger partial charge in [-0.1, -0.05) is 270 Å². The number of unbranched alkanes of at least 4 members (excludes halogenated alkanes) is 23.